The summed E-state index contributed by atoms with van der Waals surface area (Å²) in [5, 5.41) is 0. The third-order valence-corrected chi connectivity index (χ3v) is 6.12. The Kier molecular flexibility index (Phi) is 4.51. The van der Waals surface area contributed by atoms with E-state index in [-0.39, 0.29) is 29.2 Å². The van der Waals surface area contributed by atoms with Crippen LogP contribution in [0.1, 0.15) is 17.5 Å². The van der Waals surface area contributed by atoms with E-state index in [9.17, 15) is 12.8 Å². The van der Waals surface area contributed by atoms with Gasteiger partial charge in [-0.05, 0) is 54.9 Å². The average Bonchev–Trinajstić information content (AvgIpc) is 2.70. The first-order chi connectivity index (χ1) is 8.91. The highest BCUT2D eigenvalue weighted by Gasteiger charge is 2.33. The molecule has 1 saturated heterocycles. The molecule has 0 N–H and O–H groups in total. The van der Waals surface area contributed by atoms with Crippen molar-refractivity contribution in [3.63, 3.8) is 0 Å². The zero-order chi connectivity index (χ0) is 14.0. The first kappa shape index (κ1) is 14.8. The molecule has 5 heteroatoms. The van der Waals surface area contributed by atoms with Crippen molar-refractivity contribution in [3.05, 3.63) is 35.1 Å². The van der Waals surface area contributed by atoms with Crippen LogP contribution in [0.4, 0.5) is 4.39 Å². The van der Waals surface area contributed by atoms with Crippen LogP contribution in [0.5, 0.6) is 0 Å². The molecule has 2 atom stereocenters. The monoisotopic (exact) mass is 304 g/mol. The molecule has 0 radical (unpaired) electrons. The molecule has 0 amide bonds. The summed E-state index contributed by atoms with van der Waals surface area (Å²) >= 11 is 5.99. The van der Waals surface area contributed by atoms with E-state index in [0.29, 0.717) is 18.7 Å². The van der Waals surface area contributed by atoms with Crippen LogP contribution >= 0.6 is 11.6 Å². The van der Waals surface area contributed by atoms with E-state index in [1.165, 1.54) is 12.1 Å². The molecule has 2 nitrogen and oxygen atoms in total. The quantitative estimate of drug-likeness (QED) is 0.802. The maximum absolute atomic E-state index is 13.3. The van der Waals surface area contributed by atoms with Crippen molar-refractivity contribution in [2.45, 2.75) is 19.8 Å². The van der Waals surface area contributed by atoms with Crippen molar-refractivity contribution < 1.29 is 12.8 Å². The largest absolute Gasteiger partial charge is 0.229 e. The number of hydrogen-bond acceptors (Lipinski definition) is 2. The van der Waals surface area contributed by atoms with Gasteiger partial charge in [0.2, 0.25) is 0 Å². The molecule has 1 fully saturated rings. The van der Waals surface area contributed by atoms with E-state index in [1.807, 2.05) is 6.92 Å². The van der Waals surface area contributed by atoms with Gasteiger partial charge in [0.15, 0.2) is 9.84 Å². The molecule has 2 rings (SSSR count). The minimum atomic E-state index is -2.89. The second-order valence-corrected chi connectivity index (χ2v) is 7.89. The second kappa shape index (κ2) is 5.80. The predicted octanol–water partition coefficient (Wildman–Crippen LogP) is 2.97. The third-order valence-electron chi connectivity index (χ3n) is 3.93. The number of hydrogen-bond donors (Lipinski definition) is 0. The van der Waals surface area contributed by atoms with Gasteiger partial charge in [-0.25, -0.2) is 12.8 Å². The lowest BCUT2D eigenvalue weighted by molar-refractivity contribution is 0.397. The lowest BCUT2D eigenvalue weighted by Gasteiger charge is -2.21. The molecule has 1 aliphatic rings. The van der Waals surface area contributed by atoms with Gasteiger partial charge in [0, 0.05) is 5.88 Å². The van der Waals surface area contributed by atoms with Crippen molar-refractivity contribution >= 4 is 21.4 Å². The minimum Gasteiger partial charge on any atom is -0.229 e. The molecular weight excluding hydrogens is 287 g/mol. The lowest BCUT2D eigenvalue weighted by Crippen LogP contribution is -2.20. The van der Waals surface area contributed by atoms with E-state index in [2.05, 4.69) is 0 Å². The van der Waals surface area contributed by atoms with Gasteiger partial charge in [0.05, 0.1) is 11.5 Å². The van der Waals surface area contributed by atoms with Crippen LogP contribution in [-0.2, 0) is 16.3 Å². The molecule has 106 valence electrons. The van der Waals surface area contributed by atoms with E-state index in [0.717, 1.165) is 11.1 Å². The van der Waals surface area contributed by atoms with Crippen molar-refractivity contribution in [2.75, 3.05) is 17.4 Å². The van der Waals surface area contributed by atoms with Gasteiger partial charge in [-0.2, -0.15) is 0 Å². The van der Waals surface area contributed by atoms with E-state index < -0.39 is 9.84 Å². The standard InChI is InChI=1S/C14H18ClFO2S/c1-10-2-3-14(16)7-12(10)6-13(8-15)11-4-5-19(17,18)9-11/h2-3,7,11,13H,4-6,8-9H2,1H3. The Labute approximate surface area is 118 Å². The summed E-state index contributed by atoms with van der Waals surface area (Å²) in [7, 11) is -2.89. The molecule has 0 aromatic heterocycles. The Morgan fingerprint density at radius 1 is 1.47 bits per heavy atom. The summed E-state index contributed by atoms with van der Waals surface area (Å²) in [5.41, 5.74) is 1.95. The average molecular weight is 305 g/mol. The van der Waals surface area contributed by atoms with Gasteiger partial charge >= 0.3 is 0 Å². The number of alkyl halides is 1. The van der Waals surface area contributed by atoms with Gasteiger partial charge in [-0.3, -0.25) is 0 Å². The minimum absolute atomic E-state index is 0.0967. The molecule has 1 aromatic carbocycles. The summed E-state index contributed by atoms with van der Waals surface area (Å²) in [5.74, 6) is 0.833. The number of sulfone groups is 1. The summed E-state index contributed by atoms with van der Waals surface area (Å²) in [6.45, 7) is 1.94. The molecule has 0 saturated carbocycles. The van der Waals surface area contributed by atoms with Crippen LogP contribution in [0.3, 0.4) is 0 Å². The molecule has 0 bridgehead atoms. The highest BCUT2D eigenvalue weighted by Crippen LogP contribution is 2.30. The van der Waals surface area contributed by atoms with Crippen LogP contribution in [0.25, 0.3) is 0 Å². The summed E-state index contributed by atoms with van der Waals surface area (Å²) in [6, 6.07) is 4.72. The number of benzene rings is 1. The van der Waals surface area contributed by atoms with Crippen LogP contribution in [0.2, 0.25) is 0 Å². The smallest absolute Gasteiger partial charge is 0.150 e. The van der Waals surface area contributed by atoms with Crippen molar-refractivity contribution in [2.24, 2.45) is 11.8 Å². The highest BCUT2D eigenvalue weighted by atomic mass is 35.5. The maximum Gasteiger partial charge on any atom is 0.150 e. The van der Waals surface area contributed by atoms with E-state index >= 15 is 0 Å². The molecule has 1 aliphatic heterocycles. The van der Waals surface area contributed by atoms with Crippen LogP contribution in [0.15, 0.2) is 18.2 Å². The summed E-state index contributed by atoms with van der Waals surface area (Å²) in [6.07, 6.45) is 1.32. The third kappa shape index (κ3) is 3.69. The first-order valence-corrected chi connectivity index (χ1v) is 8.78. The van der Waals surface area contributed by atoms with Crippen LogP contribution < -0.4 is 0 Å². The van der Waals surface area contributed by atoms with E-state index in [4.69, 9.17) is 11.6 Å². The second-order valence-electron chi connectivity index (χ2n) is 5.35. The van der Waals surface area contributed by atoms with Gasteiger partial charge in [-0.15, -0.1) is 11.6 Å². The normalized spacial score (nSPS) is 23.4. The van der Waals surface area contributed by atoms with Gasteiger partial charge in [0.25, 0.3) is 0 Å². The fraction of sp³-hybridized carbons (Fsp3) is 0.571. The van der Waals surface area contributed by atoms with Crippen molar-refractivity contribution in [3.8, 4) is 0 Å². The topological polar surface area (TPSA) is 34.1 Å². The Bertz CT molecular complexity index is 557. The fourth-order valence-corrected chi connectivity index (χ4v) is 4.97. The molecule has 0 spiro atoms. The number of aryl methyl sites for hydroxylation is 1. The maximum atomic E-state index is 13.3. The summed E-state index contributed by atoms with van der Waals surface area (Å²) in [4.78, 5) is 0. The van der Waals surface area contributed by atoms with Gasteiger partial charge in [0.1, 0.15) is 5.82 Å². The SMILES string of the molecule is Cc1ccc(F)cc1CC(CCl)C1CCS(=O)(=O)C1. The Morgan fingerprint density at radius 3 is 2.79 bits per heavy atom. The molecular formula is C14H18ClFO2S. The van der Waals surface area contributed by atoms with Crippen LogP contribution in [0, 0.1) is 24.6 Å². The van der Waals surface area contributed by atoms with Crippen molar-refractivity contribution in [1.29, 1.82) is 0 Å². The fourth-order valence-electron chi connectivity index (χ4n) is 2.69. The van der Waals surface area contributed by atoms with E-state index in [1.54, 1.807) is 6.07 Å². The number of rotatable bonds is 4. The molecule has 1 heterocycles. The van der Waals surface area contributed by atoms with Crippen molar-refractivity contribution in [1.82, 2.24) is 0 Å². The Morgan fingerprint density at radius 2 is 2.21 bits per heavy atom. The Balaban J connectivity index is 2.13. The predicted molar refractivity (Wildman–Crippen MR) is 75.8 cm³/mol. The molecule has 1 aromatic rings. The highest BCUT2D eigenvalue weighted by molar-refractivity contribution is 7.91. The zero-order valence-corrected chi connectivity index (χ0v) is 12.5. The zero-order valence-electron chi connectivity index (χ0n) is 10.9. The molecule has 19 heavy (non-hydrogen) atoms. The van der Waals surface area contributed by atoms with Crippen LogP contribution in [-0.4, -0.2) is 25.8 Å². The van der Waals surface area contributed by atoms with Gasteiger partial charge < -0.3 is 0 Å². The molecule has 0 aliphatic carbocycles. The molecule has 2 unspecified atom stereocenters. The Hall–Kier alpha value is -0.610. The first-order valence-electron chi connectivity index (χ1n) is 6.42. The van der Waals surface area contributed by atoms with Gasteiger partial charge in [-0.1, -0.05) is 6.07 Å². The lowest BCUT2D eigenvalue weighted by atomic mass is 9.86. The number of halogens is 2. The summed E-state index contributed by atoms with van der Waals surface area (Å²) < 4.78 is 36.3.